The number of carbonyl (C=O) groups excluding carboxylic acids is 1. The van der Waals surface area contributed by atoms with Crippen molar-refractivity contribution in [3.8, 4) is 0 Å². The Morgan fingerprint density at radius 1 is 1.28 bits per heavy atom. The monoisotopic (exact) mass is 365 g/mol. The number of rotatable bonds is 4. The Kier molecular flexibility index (Phi) is 5.10. The third-order valence-corrected chi connectivity index (χ3v) is 5.65. The van der Waals surface area contributed by atoms with Crippen LogP contribution in [-0.2, 0) is 19.6 Å². The average molecular weight is 365 g/mol. The highest BCUT2D eigenvalue weighted by molar-refractivity contribution is 7.90. The number of sulfonamides is 1. The number of benzene rings is 1. The first-order chi connectivity index (χ1) is 11.9. The molecule has 8 heteroatoms. The highest BCUT2D eigenvalue weighted by Gasteiger charge is 2.30. The molecule has 2 atom stereocenters. The van der Waals surface area contributed by atoms with E-state index in [-0.39, 0.29) is 23.0 Å². The average Bonchev–Trinajstić information content (AvgIpc) is 2.82. The van der Waals surface area contributed by atoms with E-state index in [2.05, 4.69) is 9.71 Å². The van der Waals surface area contributed by atoms with Crippen LogP contribution in [0, 0.1) is 0 Å². The predicted octanol–water partition coefficient (Wildman–Crippen LogP) is 1.14. The fourth-order valence-corrected chi connectivity index (χ4v) is 4.46. The largest absolute Gasteiger partial charge is 0.372 e. The van der Waals surface area contributed by atoms with E-state index in [1.165, 1.54) is 0 Å². The van der Waals surface area contributed by atoms with Gasteiger partial charge in [0.2, 0.25) is 5.91 Å². The zero-order valence-corrected chi connectivity index (χ0v) is 15.3. The van der Waals surface area contributed by atoms with Crippen LogP contribution in [0.1, 0.15) is 32.3 Å². The molecule has 1 N–H and O–H groups in total. The molecule has 0 aliphatic carbocycles. The Labute approximate surface area is 148 Å². The topological polar surface area (TPSA) is 88.1 Å². The van der Waals surface area contributed by atoms with E-state index >= 15 is 0 Å². The van der Waals surface area contributed by atoms with E-state index in [1.54, 1.807) is 24.3 Å². The van der Waals surface area contributed by atoms with Crippen LogP contribution in [0.5, 0.6) is 0 Å². The van der Waals surface area contributed by atoms with Crippen LogP contribution in [0.4, 0.5) is 0 Å². The van der Waals surface area contributed by atoms with Crippen molar-refractivity contribution in [2.75, 3.05) is 19.6 Å². The van der Waals surface area contributed by atoms with Crippen molar-refractivity contribution in [3.63, 3.8) is 0 Å². The van der Waals surface area contributed by atoms with Gasteiger partial charge in [-0.05, 0) is 32.4 Å². The zero-order chi connectivity index (χ0) is 18.0. The molecule has 136 valence electrons. The van der Waals surface area contributed by atoms with E-state index < -0.39 is 10.0 Å². The van der Waals surface area contributed by atoms with Crippen molar-refractivity contribution in [1.29, 1.82) is 0 Å². The maximum atomic E-state index is 12.3. The first-order valence-electron chi connectivity index (χ1n) is 8.47. The number of nitrogens with zero attached hydrogens (tertiary/aromatic N) is 2. The fraction of sp³-hybridized carbons (Fsp3) is 0.529. The van der Waals surface area contributed by atoms with E-state index in [4.69, 9.17) is 4.74 Å². The number of hydrogen-bond acceptors (Lipinski definition) is 5. The Morgan fingerprint density at radius 3 is 2.68 bits per heavy atom. The van der Waals surface area contributed by atoms with Gasteiger partial charge in [-0.15, -0.1) is 0 Å². The number of ether oxygens (including phenoxy) is 1. The van der Waals surface area contributed by atoms with Gasteiger partial charge in [0.25, 0.3) is 10.0 Å². The Bertz CT molecular complexity index is 781. The van der Waals surface area contributed by atoms with Gasteiger partial charge in [0.1, 0.15) is 5.84 Å². The van der Waals surface area contributed by atoms with Crippen LogP contribution in [0.25, 0.3) is 0 Å². The van der Waals surface area contributed by atoms with Crippen molar-refractivity contribution < 1.29 is 17.9 Å². The molecule has 2 heterocycles. The van der Waals surface area contributed by atoms with E-state index in [0.717, 1.165) is 0 Å². The Balaban J connectivity index is 1.55. The van der Waals surface area contributed by atoms with Gasteiger partial charge in [-0.2, -0.15) is 0 Å². The van der Waals surface area contributed by atoms with Gasteiger partial charge < -0.3 is 9.64 Å². The normalized spacial score (nSPS) is 26.3. The summed E-state index contributed by atoms with van der Waals surface area (Å²) in [6.07, 6.45) is 1.08. The first kappa shape index (κ1) is 17.9. The van der Waals surface area contributed by atoms with Crippen molar-refractivity contribution in [1.82, 2.24) is 9.62 Å². The second kappa shape index (κ2) is 7.13. The third-order valence-electron chi connectivity index (χ3n) is 4.25. The van der Waals surface area contributed by atoms with Crippen LogP contribution in [-0.4, -0.2) is 56.9 Å². The van der Waals surface area contributed by atoms with E-state index in [0.29, 0.717) is 43.9 Å². The SMILES string of the molecule is C[C@H]1CN(C(=O)CCCN=C2NS(=O)(=O)c3ccccc32)C[C@H](C)O1. The number of amidine groups is 1. The minimum atomic E-state index is -3.51. The highest BCUT2D eigenvalue weighted by atomic mass is 32.2. The summed E-state index contributed by atoms with van der Waals surface area (Å²) in [4.78, 5) is 18.7. The van der Waals surface area contributed by atoms with Gasteiger partial charge in [0.15, 0.2) is 0 Å². The van der Waals surface area contributed by atoms with Crippen molar-refractivity contribution in [2.45, 2.75) is 43.8 Å². The molecule has 0 bridgehead atoms. The summed E-state index contributed by atoms with van der Waals surface area (Å²) in [6.45, 7) is 5.56. The molecule has 2 aliphatic heterocycles. The second-order valence-corrected chi connectivity index (χ2v) is 8.14. The second-order valence-electron chi connectivity index (χ2n) is 6.49. The lowest BCUT2D eigenvalue weighted by Gasteiger charge is -2.35. The molecular weight excluding hydrogens is 342 g/mol. The molecule has 1 saturated heterocycles. The zero-order valence-electron chi connectivity index (χ0n) is 14.4. The number of fused-ring (bicyclic) bond motifs is 1. The van der Waals surface area contributed by atoms with Crippen LogP contribution >= 0.6 is 0 Å². The molecule has 1 fully saturated rings. The van der Waals surface area contributed by atoms with Crippen LogP contribution in [0.15, 0.2) is 34.2 Å². The van der Waals surface area contributed by atoms with Crippen LogP contribution in [0.3, 0.4) is 0 Å². The lowest BCUT2D eigenvalue weighted by Crippen LogP contribution is -2.48. The fourth-order valence-electron chi connectivity index (χ4n) is 3.21. The summed E-state index contributed by atoms with van der Waals surface area (Å²) in [5, 5.41) is 0. The van der Waals surface area contributed by atoms with Gasteiger partial charge in [-0.1, -0.05) is 12.1 Å². The smallest absolute Gasteiger partial charge is 0.263 e. The quantitative estimate of drug-likeness (QED) is 0.811. The lowest BCUT2D eigenvalue weighted by molar-refractivity contribution is -0.143. The predicted molar refractivity (Wildman–Crippen MR) is 94.0 cm³/mol. The standard InChI is InChI=1S/C17H23N3O4S/c1-12-10-20(11-13(2)24-12)16(21)8-5-9-18-17-14-6-3-4-7-15(14)25(22,23)19-17/h3-4,6-7,12-13H,5,8-11H2,1-2H3,(H,18,19)/t12-,13-/m0/s1. The maximum absolute atomic E-state index is 12.3. The summed E-state index contributed by atoms with van der Waals surface area (Å²) in [5.74, 6) is 0.450. The Morgan fingerprint density at radius 2 is 1.96 bits per heavy atom. The van der Waals surface area contributed by atoms with Gasteiger partial charge in [-0.3, -0.25) is 14.5 Å². The van der Waals surface area contributed by atoms with Crippen LogP contribution < -0.4 is 4.72 Å². The molecular formula is C17H23N3O4S. The molecule has 0 radical (unpaired) electrons. The molecule has 0 spiro atoms. The molecule has 1 aromatic carbocycles. The maximum Gasteiger partial charge on any atom is 0.263 e. The summed E-state index contributed by atoms with van der Waals surface area (Å²) in [5.41, 5.74) is 0.588. The van der Waals surface area contributed by atoms with Crippen molar-refractivity contribution in [3.05, 3.63) is 29.8 Å². The van der Waals surface area contributed by atoms with E-state index in [9.17, 15) is 13.2 Å². The van der Waals surface area contributed by atoms with Gasteiger partial charge >= 0.3 is 0 Å². The highest BCUT2D eigenvalue weighted by Crippen LogP contribution is 2.22. The molecule has 3 rings (SSSR count). The summed E-state index contributed by atoms with van der Waals surface area (Å²) in [6, 6.07) is 6.75. The van der Waals surface area contributed by atoms with Gasteiger partial charge in [-0.25, -0.2) is 8.42 Å². The minimum absolute atomic E-state index is 0.0531. The molecule has 1 amide bonds. The van der Waals surface area contributed by atoms with Crippen LogP contribution in [0.2, 0.25) is 0 Å². The number of aliphatic imine (C=N–C) groups is 1. The Hall–Kier alpha value is -1.93. The summed E-state index contributed by atoms with van der Waals surface area (Å²) < 4.78 is 32.1. The number of hydrogen-bond donors (Lipinski definition) is 1. The number of carbonyl (C=O) groups is 1. The number of nitrogens with one attached hydrogen (secondary N) is 1. The van der Waals surface area contributed by atoms with Crippen molar-refractivity contribution >= 4 is 21.8 Å². The molecule has 1 aromatic rings. The molecule has 0 saturated carbocycles. The van der Waals surface area contributed by atoms with Gasteiger partial charge in [0, 0.05) is 31.6 Å². The van der Waals surface area contributed by atoms with E-state index in [1.807, 2.05) is 18.7 Å². The molecule has 0 unspecified atom stereocenters. The lowest BCUT2D eigenvalue weighted by atomic mass is 10.2. The molecule has 25 heavy (non-hydrogen) atoms. The number of morpholine rings is 1. The third kappa shape index (κ3) is 4.01. The number of amides is 1. The molecule has 2 aliphatic rings. The summed E-state index contributed by atoms with van der Waals surface area (Å²) in [7, 11) is -3.51. The molecule has 0 aromatic heterocycles. The molecule has 7 nitrogen and oxygen atoms in total. The van der Waals surface area contributed by atoms with Gasteiger partial charge in [0.05, 0.1) is 17.1 Å². The summed E-state index contributed by atoms with van der Waals surface area (Å²) >= 11 is 0. The first-order valence-corrected chi connectivity index (χ1v) is 9.95. The minimum Gasteiger partial charge on any atom is -0.372 e. The van der Waals surface area contributed by atoms with Crippen molar-refractivity contribution in [2.24, 2.45) is 4.99 Å².